The van der Waals surface area contributed by atoms with Gasteiger partial charge in [0.15, 0.2) is 0 Å². The van der Waals surface area contributed by atoms with Crippen molar-refractivity contribution < 1.29 is 0 Å². The van der Waals surface area contributed by atoms with Crippen LogP contribution in [0.15, 0.2) is 181 Å². The highest BCUT2D eigenvalue weighted by atomic mass is 16.1. The minimum absolute atomic E-state index is 0.184. The van der Waals surface area contributed by atoms with Gasteiger partial charge in [-0.3, -0.25) is 4.79 Å². The average molecular weight is 680 g/mol. The Bertz CT molecular complexity index is 3300. The number of aromatic nitrogens is 5. The Balaban J connectivity index is 1.26. The average Bonchev–Trinajstić information content (AvgIpc) is 3.75. The third-order valence-electron chi connectivity index (χ3n) is 10.5. The molecule has 0 saturated heterocycles. The second-order valence-electron chi connectivity index (χ2n) is 13.4. The summed E-state index contributed by atoms with van der Waals surface area (Å²) in [4.78, 5) is 25.6. The fourth-order valence-electron chi connectivity index (χ4n) is 8.21. The molecule has 4 aromatic heterocycles. The van der Waals surface area contributed by atoms with Gasteiger partial charge < -0.3 is 8.97 Å². The second kappa shape index (κ2) is 11.4. The molecule has 0 aliphatic carbocycles. The largest absolute Gasteiger partial charge is 0.309 e. The Hall–Kier alpha value is -7.31. The number of hydrogen-bond donors (Lipinski definition) is 0. The first-order valence-corrected chi connectivity index (χ1v) is 17.7. The first-order valence-electron chi connectivity index (χ1n) is 17.7. The van der Waals surface area contributed by atoms with Crippen LogP contribution in [-0.2, 0) is 0 Å². The number of rotatable bonds is 4. The van der Waals surface area contributed by atoms with Crippen molar-refractivity contribution >= 4 is 60.2 Å². The molecule has 0 unspecified atom stereocenters. The minimum Gasteiger partial charge on any atom is -0.309 e. The van der Waals surface area contributed by atoms with Crippen molar-refractivity contribution in [3.63, 3.8) is 0 Å². The van der Waals surface area contributed by atoms with Crippen LogP contribution in [0, 0.1) is 0 Å². The highest BCUT2D eigenvalue weighted by Crippen LogP contribution is 2.40. The molecule has 0 saturated carbocycles. The monoisotopic (exact) mass is 679 g/mol. The SMILES string of the molecule is O=c1c2c(-c3ccc4c(c3)c3ccccc3n4-c3ccccc3)c3ccccc3n2c2ccccc2n1-c1nc(-c2ccccc2)c2ccccc2n1. The van der Waals surface area contributed by atoms with Crippen LogP contribution in [0.5, 0.6) is 0 Å². The molecular formula is C47H29N5O. The van der Waals surface area contributed by atoms with Crippen LogP contribution in [-0.4, -0.2) is 23.5 Å². The molecule has 53 heavy (non-hydrogen) atoms. The molecule has 0 bridgehead atoms. The summed E-state index contributed by atoms with van der Waals surface area (Å²) in [7, 11) is 0. The third-order valence-corrected chi connectivity index (χ3v) is 10.5. The zero-order valence-corrected chi connectivity index (χ0v) is 28.4. The number of nitrogens with zero attached hydrogens (tertiary/aromatic N) is 5. The number of benzene rings is 7. The quantitative estimate of drug-likeness (QED) is 0.186. The zero-order valence-electron chi connectivity index (χ0n) is 28.4. The minimum atomic E-state index is -0.184. The Labute approximate surface area is 303 Å². The Morgan fingerprint density at radius 3 is 1.81 bits per heavy atom. The van der Waals surface area contributed by atoms with Gasteiger partial charge in [-0.05, 0) is 60.2 Å². The maximum absolute atomic E-state index is 15.4. The topological polar surface area (TPSA) is 57.1 Å². The molecule has 4 heterocycles. The smallest absolute Gasteiger partial charge is 0.282 e. The molecule has 0 atom stereocenters. The van der Waals surface area contributed by atoms with Gasteiger partial charge in [-0.25, -0.2) is 14.5 Å². The van der Waals surface area contributed by atoms with Gasteiger partial charge in [-0.15, -0.1) is 0 Å². The lowest BCUT2D eigenvalue weighted by atomic mass is 10.0. The van der Waals surface area contributed by atoms with Gasteiger partial charge in [0, 0.05) is 38.4 Å². The summed E-state index contributed by atoms with van der Waals surface area (Å²) in [6, 6.07) is 60.0. The van der Waals surface area contributed by atoms with E-state index in [0.717, 1.165) is 82.7 Å². The van der Waals surface area contributed by atoms with Gasteiger partial charge in [0.2, 0.25) is 5.95 Å². The van der Waals surface area contributed by atoms with E-state index >= 15 is 4.79 Å². The molecule has 6 heteroatoms. The van der Waals surface area contributed by atoms with Crippen molar-refractivity contribution in [1.29, 1.82) is 0 Å². The molecule has 0 aliphatic heterocycles. The van der Waals surface area contributed by atoms with Crippen molar-refractivity contribution in [2.45, 2.75) is 0 Å². The molecule has 11 aromatic rings. The van der Waals surface area contributed by atoms with E-state index < -0.39 is 0 Å². The molecule has 0 fully saturated rings. The van der Waals surface area contributed by atoms with Crippen molar-refractivity contribution in [1.82, 2.24) is 23.5 Å². The summed E-state index contributed by atoms with van der Waals surface area (Å²) in [5.41, 5.74) is 10.7. The molecule has 0 amide bonds. The third kappa shape index (κ3) is 4.30. The summed E-state index contributed by atoms with van der Waals surface area (Å²) in [5.74, 6) is 0.337. The van der Waals surface area contributed by atoms with E-state index in [9.17, 15) is 0 Å². The summed E-state index contributed by atoms with van der Waals surface area (Å²) in [5, 5.41) is 4.21. The van der Waals surface area contributed by atoms with Gasteiger partial charge in [0.05, 0.1) is 38.8 Å². The maximum Gasteiger partial charge on any atom is 0.282 e. The molecule has 7 aromatic carbocycles. The lowest BCUT2D eigenvalue weighted by Gasteiger charge is -2.15. The summed E-state index contributed by atoms with van der Waals surface area (Å²) in [6.07, 6.45) is 0. The van der Waals surface area contributed by atoms with Crippen LogP contribution in [0.25, 0.3) is 94.2 Å². The molecule has 11 rings (SSSR count). The predicted octanol–water partition coefficient (Wildman–Crippen LogP) is 10.8. The highest BCUT2D eigenvalue weighted by Gasteiger charge is 2.24. The van der Waals surface area contributed by atoms with Crippen LogP contribution in [0.3, 0.4) is 0 Å². The van der Waals surface area contributed by atoms with Crippen LogP contribution in [0.2, 0.25) is 0 Å². The zero-order chi connectivity index (χ0) is 35.0. The number of hydrogen-bond acceptors (Lipinski definition) is 3. The maximum atomic E-state index is 15.4. The van der Waals surface area contributed by atoms with Crippen molar-refractivity contribution in [3.8, 4) is 34.0 Å². The molecule has 0 radical (unpaired) electrons. The van der Waals surface area contributed by atoms with E-state index in [0.29, 0.717) is 11.5 Å². The van der Waals surface area contributed by atoms with Gasteiger partial charge in [-0.2, -0.15) is 0 Å². The van der Waals surface area contributed by atoms with Gasteiger partial charge >= 0.3 is 0 Å². The van der Waals surface area contributed by atoms with Gasteiger partial charge in [0.1, 0.15) is 5.52 Å². The second-order valence-corrected chi connectivity index (χ2v) is 13.4. The summed E-state index contributed by atoms with van der Waals surface area (Å²) in [6.45, 7) is 0. The van der Waals surface area contributed by atoms with E-state index in [4.69, 9.17) is 9.97 Å². The molecule has 248 valence electrons. The molecule has 6 nitrogen and oxygen atoms in total. The lowest BCUT2D eigenvalue weighted by Crippen LogP contribution is -2.23. The number of para-hydroxylation sites is 6. The fourth-order valence-corrected chi connectivity index (χ4v) is 8.21. The van der Waals surface area contributed by atoms with E-state index in [2.05, 4.69) is 93.9 Å². The van der Waals surface area contributed by atoms with Gasteiger partial charge in [-0.1, -0.05) is 121 Å². The molecular weight excluding hydrogens is 651 g/mol. The van der Waals surface area contributed by atoms with Crippen LogP contribution < -0.4 is 5.56 Å². The lowest BCUT2D eigenvalue weighted by molar-refractivity contribution is 0.933. The molecule has 0 spiro atoms. The molecule has 0 N–H and O–H groups in total. The normalized spacial score (nSPS) is 11.8. The van der Waals surface area contributed by atoms with E-state index in [-0.39, 0.29) is 5.56 Å². The summed E-state index contributed by atoms with van der Waals surface area (Å²) < 4.78 is 6.13. The van der Waals surface area contributed by atoms with E-state index in [1.165, 1.54) is 0 Å². The highest BCUT2D eigenvalue weighted by molar-refractivity contribution is 6.14. The van der Waals surface area contributed by atoms with Crippen molar-refractivity contribution in [3.05, 3.63) is 186 Å². The standard InChI is InChI=1S/C47H29N5O/c53-46-45-43(31-27-28-40-36(29-31)33-19-8-11-23-38(33)50(40)32-17-5-2-6-18-32)35-21-9-12-24-39(35)51(45)41-25-13-14-26-42(41)52(46)47-48-37-22-10-7-20-34(37)44(49-47)30-15-3-1-4-16-30/h1-29H. The van der Waals surface area contributed by atoms with Crippen LogP contribution in [0.4, 0.5) is 0 Å². The Kier molecular flexibility index (Phi) is 6.30. The van der Waals surface area contributed by atoms with Gasteiger partial charge in [0.25, 0.3) is 5.56 Å². The number of fused-ring (bicyclic) bond motifs is 9. The summed E-state index contributed by atoms with van der Waals surface area (Å²) >= 11 is 0. The van der Waals surface area contributed by atoms with Crippen molar-refractivity contribution in [2.75, 3.05) is 0 Å². The molecule has 0 aliphatic rings. The van der Waals surface area contributed by atoms with Crippen LogP contribution in [0.1, 0.15) is 0 Å². The van der Waals surface area contributed by atoms with Crippen molar-refractivity contribution in [2.24, 2.45) is 0 Å². The predicted molar refractivity (Wildman–Crippen MR) is 216 cm³/mol. The first kappa shape index (κ1) is 29.4. The van der Waals surface area contributed by atoms with E-state index in [1.54, 1.807) is 4.57 Å². The van der Waals surface area contributed by atoms with Crippen LogP contribution >= 0.6 is 0 Å². The Morgan fingerprint density at radius 2 is 1.02 bits per heavy atom. The Morgan fingerprint density at radius 1 is 0.415 bits per heavy atom. The first-order chi connectivity index (χ1) is 26.2. The van der Waals surface area contributed by atoms with E-state index in [1.807, 2.05) is 91.0 Å². The fraction of sp³-hybridized carbons (Fsp3) is 0.